The molecule has 0 aliphatic heterocycles. The van der Waals surface area contributed by atoms with E-state index in [2.05, 4.69) is 0 Å². The molecule has 5 nitrogen and oxygen atoms in total. The number of nitrogens with zero attached hydrogens (tertiary/aromatic N) is 1. The Hall–Kier alpha value is -3.28. The molecule has 2 aromatic carbocycles. The molecule has 1 heterocycles. The summed E-state index contributed by atoms with van der Waals surface area (Å²) in [6.07, 6.45) is 0.661. The van der Waals surface area contributed by atoms with Crippen molar-refractivity contribution in [2.75, 3.05) is 27.8 Å². The lowest BCUT2D eigenvalue weighted by Gasteiger charge is -2.16. The summed E-state index contributed by atoms with van der Waals surface area (Å²) in [5.41, 5.74) is 1.75. The molecule has 0 fully saturated rings. The van der Waals surface area contributed by atoms with Crippen molar-refractivity contribution in [1.29, 1.82) is 0 Å². The van der Waals surface area contributed by atoms with Gasteiger partial charge in [-0.15, -0.1) is 0 Å². The van der Waals surface area contributed by atoms with Gasteiger partial charge in [-0.2, -0.15) is 0 Å². The number of furan rings is 1. The number of likely N-dealkylation sites (N-methyl/N-ethyl adjacent to an activating group) is 1. The minimum Gasteiger partial charge on any atom is -0.493 e. The SMILES string of the molecule is COc1ccc(CCN(C)C(=O)c2ccc(-c3ccc(F)cc3)o2)cc1OC. The lowest BCUT2D eigenvalue weighted by atomic mass is 10.1. The van der Waals surface area contributed by atoms with Crippen LogP contribution in [0.5, 0.6) is 11.5 Å². The molecule has 0 aliphatic rings. The van der Waals surface area contributed by atoms with Gasteiger partial charge in [0.15, 0.2) is 17.3 Å². The van der Waals surface area contributed by atoms with E-state index in [0.29, 0.717) is 35.8 Å². The highest BCUT2D eigenvalue weighted by molar-refractivity contribution is 5.92. The number of carbonyl (C=O) groups is 1. The number of rotatable bonds is 7. The number of ether oxygens (including phenoxy) is 2. The van der Waals surface area contributed by atoms with E-state index in [9.17, 15) is 9.18 Å². The maximum Gasteiger partial charge on any atom is 0.289 e. The van der Waals surface area contributed by atoms with Gasteiger partial charge < -0.3 is 18.8 Å². The summed E-state index contributed by atoms with van der Waals surface area (Å²) in [5, 5.41) is 0. The highest BCUT2D eigenvalue weighted by atomic mass is 19.1. The van der Waals surface area contributed by atoms with Gasteiger partial charge in [0, 0.05) is 19.2 Å². The van der Waals surface area contributed by atoms with Crippen LogP contribution in [0, 0.1) is 5.82 Å². The Kier molecular flexibility index (Phi) is 5.99. The average Bonchev–Trinajstić information content (AvgIpc) is 3.21. The molecule has 1 aromatic heterocycles. The van der Waals surface area contributed by atoms with Crippen molar-refractivity contribution in [1.82, 2.24) is 4.90 Å². The van der Waals surface area contributed by atoms with Gasteiger partial charge in [-0.3, -0.25) is 4.79 Å². The topological polar surface area (TPSA) is 51.9 Å². The molecule has 0 saturated heterocycles. The van der Waals surface area contributed by atoms with Crippen molar-refractivity contribution in [3.63, 3.8) is 0 Å². The maximum atomic E-state index is 13.1. The Morgan fingerprint density at radius 2 is 1.71 bits per heavy atom. The molecular weight excluding hydrogens is 361 g/mol. The molecule has 0 bridgehead atoms. The summed E-state index contributed by atoms with van der Waals surface area (Å²) in [6.45, 7) is 0.515. The Labute approximate surface area is 163 Å². The first kappa shape index (κ1) is 19.5. The fraction of sp³-hybridized carbons (Fsp3) is 0.227. The van der Waals surface area contributed by atoms with E-state index in [1.165, 1.54) is 12.1 Å². The molecule has 0 unspecified atom stereocenters. The van der Waals surface area contributed by atoms with E-state index in [4.69, 9.17) is 13.9 Å². The zero-order chi connectivity index (χ0) is 20.1. The highest BCUT2D eigenvalue weighted by Crippen LogP contribution is 2.28. The van der Waals surface area contributed by atoms with Gasteiger partial charge >= 0.3 is 0 Å². The normalized spacial score (nSPS) is 10.6. The molecule has 3 rings (SSSR count). The zero-order valence-corrected chi connectivity index (χ0v) is 16.1. The van der Waals surface area contributed by atoms with Crippen LogP contribution in [-0.2, 0) is 6.42 Å². The highest BCUT2D eigenvalue weighted by Gasteiger charge is 2.17. The first-order valence-corrected chi connectivity index (χ1v) is 8.84. The second kappa shape index (κ2) is 8.61. The van der Waals surface area contributed by atoms with Crippen molar-refractivity contribution in [2.45, 2.75) is 6.42 Å². The molecule has 0 aliphatic carbocycles. The van der Waals surface area contributed by atoms with Gasteiger partial charge in [0.05, 0.1) is 14.2 Å². The fourth-order valence-electron chi connectivity index (χ4n) is 2.84. The molecule has 0 N–H and O–H groups in total. The summed E-state index contributed by atoms with van der Waals surface area (Å²) in [5.74, 6) is 1.56. The van der Waals surface area contributed by atoms with Crippen LogP contribution in [0.4, 0.5) is 4.39 Å². The lowest BCUT2D eigenvalue weighted by molar-refractivity contribution is 0.0766. The van der Waals surface area contributed by atoms with E-state index < -0.39 is 0 Å². The van der Waals surface area contributed by atoms with E-state index in [1.807, 2.05) is 18.2 Å². The Balaban J connectivity index is 1.64. The third-order valence-corrected chi connectivity index (χ3v) is 4.48. The molecule has 0 atom stereocenters. The van der Waals surface area contributed by atoms with Crippen LogP contribution >= 0.6 is 0 Å². The number of hydrogen-bond acceptors (Lipinski definition) is 4. The standard InChI is InChI=1S/C22H22FNO4/c1-24(13-12-15-4-9-19(26-2)21(14-15)27-3)22(25)20-11-10-18(28-20)16-5-7-17(23)8-6-16/h4-11,14H,12-13H2,1-3H3. The molecule has 28 heavy (non-hydrogen) atoms. The van der Waals surface area contributed by atoms with Gasteiger partial charge in [-0.25, -0.2) is 4.39 Å². The largest absolute Gasteiger partial charge is 0.493 e. The zero-order valence-electron chi connectivity index (χ0n) is 16.1. The van der Waals surface area contributed by atoms with Crippen LogP contribution in [0.15, 0.2) is 59.0 Å². The number of amides is 1. The molecule has 1 amide bonds. The van der Waals surface area contributed by atoms with Crippen molar-refractivity contribution >= 4 is 5.91 Å². The summed E-state index contributed by atoms with van der Waals surface area (Å²) < 4.78 is 29.3. The van der Waals surface area contributed by atoms with Crippen LogP contribution in [0.3, 0.4) is 0 Å². The Morgan fingerprint density at radius 1 is 1.00 bits per heavy atom. The van der Waals surface area contributed by atoms with Crippen LogP contribution in [-0.4, -0.2) is 38.6 Å². The van der Waals surface area contributed by atoms with Crippen molar-refractivity contribution in [3.8, 4) is 22.8 Å². The van der Waals surface area contributed by atoms with E-state index in [0.717, 1.165) is 5.56 Å². The number of carbonyl (C=O) groups excluding carboxylic acids is 1. The molecule has 0 spiro atoms. The molecule has 3 aromatic rings. The van der Waals surface area contributed by atoms with Gasteiger partial charge in [0.25, 0.3) is 5.91 Å². The third kappa shape index (κ3) is 4.34. The quantitative estimate of drug-likeness (QED) is 0.606. The van der Waals surface area contributed by atoms with Crippen LogP contribution < -0.4 is 9.47 Å². The van der Waals surface area contributed by atoms with Crippen molar-refractivity contribution in [3.05, 3.63) is 71.7 Å². The van der Waals surface area contributed by atoms with Gasteiger partial charge in [0.2, 0.25) is 0 Å². The average molecular weight is 383 g/mol. The van der Waals surface area contributed by atoms with Gasteiger partial charge in [-0.1, -0.05) is 6.07 Å². The first-order chi connectivity index (χ1) is 13.5. The Morgan fingerprint density at radius 3 is 2.39 bits per heavy atom. The first-order valence-electron chi connectivity index (χ1n) is 8.84. The smallest absolute Gasteiger partial charge is 0.289 e. The molecule has 146 valence electrons. The summed E-state index contributed by atoms with van der Waals surface area (Å²) >= 11 is 0. The van der Waals surface area contributed by atoms with Gasteiger partial charge in [0.1, 0.15) is 11.6 Å². The van der Waals surface area contributed by atoms with Crippen molar-refractivity contribution in [2.24, 2.45) is 0 Å². The monoisotopic (exact) mass is 383 g/mol. The molecule has 6 heteroatoms. The fourth-order valence-corrected chi connectivity index (χ4v) is 2.84. The second-order valence-corrected chi connectivity index (χ2v) is 6.34. The summed E-state index contributed by atoms with van der Waals surface area (Å²) in [4.78, 5) is 14.2. The van der Waals surface area contributed by atoms with Crippen LogP contribution in [0.2, 0.25) is 0 Å². The summed E-state index contributed by atoms with van der Waals surface area (Å²) in [6, 6.07) is 15.0. The molecular formula is C22H22FNO4. The lowest BCUT2D eigenvalue weighted by Crippen LogP contribution is -2.28. The molecule has 0 saturated carbocycles. The van der Waals surface area contributed by atoms with E-state index in [-0.39, 0.29) is 17.5 Å². The Bertz CT molecular complexity index is 949. The minimum atomic E-state index is -0.318. The summed E-state index contributed by atoms with van der Waals surface area (Å²) in [7, 11) is 4.91. The maximum absolute atomic E-state index is 13.1. The van der Waals surface area contributed by atoms with Crippen LogP contribution in [0.1, 0.15) is 16.1 Å². The van der Waals surface area contributed by atoms with Crippen molar-refractivity contribution < 1.29 is 23.1 Å². The predicted octanol–water partition coefficient (Wildman–Crippen LogP) is 4.42. The van der Waals surface area contributed by atoms with Gasteiger partial charge in [-0.05, 0) is 60.5 Å². The minimum absolute atomic E-state index is 0.214. The van der Waals surface area contributed by atoms with E-state index >= 15 is 0 Å². The van der Waals surface area contributed by atoms with Crippen LogP contribution in [0.25, 0.3) is 11.3 Å². The number of halogens is 1. The van der Waals surface area contributed by atoms with E-state index in [1.54, 1.807) is 50.4 Å². The number of methoxy groups -OCH3 is 2. The second-order valence-electron chi connectivity index (χ2n) is 6.34. The third-order valence-electron chi connectivity index (χ3n) is 4.48. The molecule has 0 radical (unpaired) electrons. The number of benzene rings is 2. The number of hydrogen-bond donors (Lipinski definition) is 0. The predicted molar refractivity (Wildman–Crippen MR) is 104 cm³/mol.